The second kappa shape index (κ2) is 8.11. The fourth-order valence-corrected chi connectivity index (χ4v) is 3.16. The van der Waals surface area contributed by atoms with Gasteiger partial charge in [0.25, 0.3) is 0 Å². The van der Waals surface area contributed by atoms with Crippen LogP contribution in [0.1, 0.15) is 30.4 Å². The summed E-state index contributed by atoms with van der Waals surface area (Å²) in [5.74, 6) is 0. The van der Waals surface area contributed by atoms with Gasteiger partial charge < -0.3 is 4.74 Å². The van der Waals surface area contributed by atoms with E-state index in [0.29, 0.717) is 6.04 Å². The topological polar surface area (TPSA) is 12.5 Å². The molecule has 22 heavy (non-hydrogen) atoms. The van der Waals surface area contributed by atoms with Crippen molar-refractivity contribution in [1.82, 2.24) is 4.90 Å². The van der Waals surface area contributed by atoms with Gasteiger partial charge in [-0.2, -0.15) is 0 Å². The lowest BCUT2D eigenvalue weighted by Crippen LogP contribution is -2.41. The van der Waals surface area contributed by atoms with Crippen LogP contribution in [0.25, 0.3) is 0 Å². The Kier molecular flexibility index (Phi) is 5.63. The smallest absolute Gasteiger partial charge is 0.0717 e. The molecule has 2 aromatic carbocycles. The van der Waals surface area contributed by atoms with Gasteiger partial charge in [-0.15, -0.1) is 0 Å². The third-order valence-electron chi connectivity index (χ3n) is 4.40. The molecule has 1 unspecified atom stereocenters. The molecule has 0 N–H and O–H groups in total. The van der Waals surface area contributed by atoms with Crippen LogP contribution >= 0.6 is 0 Å². The number of benzene rings is 2. The van der Waals surface area contributed by atoms with E-state index in [1.54, 1.807) is 0 Å². The number of hydrogen-bond donors (Lipinski definition) is 0. The molecule has 1 aliphatic heterocycles. The monoisotopic (exact) mass is 295 g/mol. The number of likely N-dealkylation sites (tertiary alicyclic amines) is 1. The van der Waals surface area contributed by atoms with Gasteiger partial charge in [-0.25, -0.2) is 0 Å². The van der Waals surface area contributed by atoms with E-state index in [-0.39, 0.29) is 0 Å². The van der Waals surface area contributed by atoms with Gasteiger partial charge in [0.05, 0.1) is 13.2 Å². The summed E-state index contributed by atoms with van der Waals surface area (Å²) < 4.78 is 5.99. The highest BCUT2D eigenvalue weighted by Gasteiger charge is 2.22. The predicted molar refractivity (Wildman–Crippen MR) is 90.6 cm³/mol. The highest BCUT2D eigenvalue weighted by Crippen LogP contribution is 2.20. The maximum Gasteiger partial charge on any atom is 0.0717 e. The number of ether oxygens (including phenoxy) is 1. The Morgan fingerprint density at radius 1 is 0.864 bits per heavy atom. The van der Waals surface area contributed by atoms with Crippen LogP contribution in [0.4, 0.5) is 0 Å². The van der Waals surface area contributed by atoms with Crippen molar-refractivity contribution >= 4 is 0 Å². The van der Waals surface area contributed by atoms with Crippen LogP contribution in [0.2, 0.25) is 0 Å². The molecule has 0 radical (unpaired) electrons. The molecular weight excluding hydrogens is 270 g/mol. The Morgan fingerprint density at radius 2 is 1.55 bits per heavy atom. The van der Waals surface area contributed by atoms with Crippen molar-refractivity contribution < 1.29 is 4.74 Å². The third-order valence-corrected chi connectivity index (χ3v) is 4.40. The zero-order valence-corrected chi connectivity index (χ0v) is 13.2. The molecule has 1 saturated heterocycles. The van der Waals surface area contributed by atoms with Crippen molar-refractivity contribution in [3.63, 3.8) is 0 Å². The molecule has 0 aromatic heterocycles. The van der Waals surface area contributed by atoms with Gasteiger partial charge >= 0.3 is 0 Å². The second-order valence-electron chi connectivity index (χ2n) is 6.11. The first-order valence-electron chi connectivity index (χ1n) is 8.31. The molecule has 2 aromatic rings. The molecule has 1 atom stereocenters. The van der Waals surface area contributed by atoms with Crippen LogP contribution in [0.3, 0.4) is 0 Å². The fourth-order valence-electron chi connectivity index (χ4n) is 3.16. The Labute approximate surface area is 133 Å². The lowest BCUT2D eigenvalue weighted by Gasteiger charge is -2.35. The summed E-state index contributed by atoms with van der Waals surface area (Å²) in [4.78, 5) is 2.59. The molecule has 0 saturated carbocycles. The van der Waals surface area contributed by atoms with E-state index < -0.39 is 0 Å². The third kappa shape index (κ3) is 4.43. The van der Waals surface area contributed by atoms with E-state index in [0.717, 1.165) is 19.8 Å². The molecule has 1 heterocycles. The molecule has 0 amide bonds. The van der Waals surface area contributed by atoms with E-state index in [1.165, 1.54) is 36.9 Å². The minimum Gasteiger partial charge on any atom is -0.375 e. The molecule has 0 spiro atoms. The van der Waals surface area contributed by atoms with Gasteiger partial charge in [0, 0.05) is 12.6 Å². The first-order chi connectivity index (χ1) is 10.9. The minimum absolute atomic E-state index is 0.553. The fraction of sp³-hybridized carbons (Fsp3) is 0.400. The summed E-state index contributed by atoms with van der Waals surface area (Å²) in [6.45, 7) is 3.78. The SMILES string of the molecule is c1ccc(COCC2CCCCN2Cc2ccccc2)cc1. The maximum atomic E-state index is 5.99. The standard InChI is InChI=1S/C20H25NO/c1-3-9-18(10-4-1)15-21-14-8-7-13-20(21)17-22-16-19-11-5-2-6-12-19/h1-6,9-12,20H,7-8,13-17H2. The molecule has 3 rings (SSSR count). The molecule has 0 aliphatic carbocycles. The first-order valence-corrected chi connectivity index (χ1v) is 8.31. The van der Waals surface area contributed by atoms with Crippen LogP contribution in [-0.4, -0.2) is 24.1 Å². The van der Waals surface area contributed by atoms with Crippen LogP contribution in [0, 0.1) is 0 Å². The van der Waals surface area contributed by atoms with E-state index in [2.05, 4.69) is 59.5 Å². The normalized spacial score (nSPS) is 19.2. The molecule has 2 nitrogen and oxygen atoms in total. The Morgan fingerprint density at radius 3 is 2.27 bits per heavy atom. The molecular formula is C20H25NO. The molecule has 1 aliphatic rings. The summed E-state index contributed by atoms with van der Waals surface area (Å²) >= 11 is 0. The average molecular weight is 295 g/mol. The van der Waals surface area contributed by atoms with Gasteiger partial charge in [0.2, 0.25) is 0 Å². The van der Waals surface area contributed by atoms with Gasteiger partial charge in [-0.05, 0) is 30.5 Å². The van der Waals surface area contributed by atoms with Gasteiger partial charge in [-0.1, -0.05) is 67.1 Å². The van der Waals surface area contributed by atoms with Crippen molar-refractivity contribution in [2.75, 3.05) is 13.2 Å². The number of nitrogens with zero attached hydrogens (tertiary/aromatic N) is 1. The molecule has 0 bridgehead atoms. The number of hydrogen-bond acceptors (Lipinski definition) is 2. The van der Waals surface area contributed by atoms with Gasteiger partial charge in [0.15, 0.2) is 0 Å². The summed E-state index contributed by atoms with van der Waals surface area (Å²) in [5, 5.41) is 0. The maximum absolute atomic E-state index is 5.99. The zero-order chi connectivity index (χ0) is 15.0. The van der Waals surface area contributed by atoms with Crippen molar-refractivity contribution in [1.29, 1.82) is 0 Å². The van der Waals surface area contributed by atoms with Crippen molar-refractivity contribution in [2.24, 2.45) is 0 Å². The molecule has 1 fully saturated rings. The lowest BCUT2D eigenvalue weighted by molar-refractivity contribution is 0.0288. The highest BCUT2D eigenvalue weighted by atomic mass is 16.5. The minimum atomic E-state index is 0.553. The summed E-state index contributed by atoms with van der Waals surface area (Å²) in [5.41, 5.74) is 2.66. The number of rotatable bonds is 6. The van der Waals surface area contributed by atoms with E-state index >= 15 is 0 Å². The van der Waals surface area contributed by atoms with Crippen LogP contribution < -0.4 is 0 Å². The molecule has 116 valence electrons. The van der Waals surface area contributed by atoms with Gasteiger partial charge in [0.1, 0.15) is 0 Å². The van der Waals surface area contributed by atoms with Crippen molar-refractivity contribution in [3.8, 4) is 0 Å². The van der Waals surface area contributed by atoms with E-state index in [9.17, 15) is 0 Å². The quantitative estimate of drug-likeness (QED) is 0.789. The zero-order valence-electron chi connectivity index (χ0n) is 13.2. The molecule has 2 heteroatoms. The largest absolute Gasteiger partial charge is 0.375 e. The second-order valence-corrected chi connectivity index (χ2v) is 6.11. The van der Waals surface area contributed by atoms with E-state index in [4.69, 9.17) is 4.74 Å². The Balaban J connectivity index is 1.51. The number of piperidine rings is 1. The van der Waals surface area contributed by atoms with Crippen LogP contribution in [-0.2, 0) is 17.9 Å². The predicted octanol–water partition coefficient (Wildman–Crippen LogP) is 4.26. The van der Waals surface area contributed by atoms with Crippen molar-refractivity contribution in [3.05, 3.63) is 71.8 Å². The summed E-state index contributed by atoms with van der Waals surface area (Å²) in [7, 11) is 0. The Bertz CT molecular complexity index is 540. The van der Waals surface area contributed by atoms with Crippen LogP contribution in [0.15, 0.2) is 60.7 Å². The average Bonchev–Trinajstić information content (AvgIpc) is 2.58. The first kappa shape index (κ1) is 15.3. The highest BCUT2D eigenvalue weighted by molar-refractivity contribution is 5.15. The lowest BCUT2D eigenvalue weighted by atomic mass is 10.0. The summed E-state index contributed by atoms with van der Waals surface area (Å²) in [6.07, 6.45) is 3.88. The van der Waals surface area contributed by atoms with Crippen LogP contribution in [0.5, 0.6) is 0 Å². The van der Waals surface area contributed by atoms with Crippen molar-refractivity contribution in [2.45, 2.75) is 38.5 Å². The van der Waals surface area contributed by atoms with E-state index in [1.807, 2.05) is 6.07 Å². The summed E-state index contributed by atoms with van der Waals surface area (Å²) in [6, 6.07) is 21.8. The Hall–Kier alpha value is -1.64. The van der Waals surface area contributed by atoms with Gasteiger partial charge in [-0.3, -0.25) is 4.90 Å².